The van der Waals surface area contributed by atoms with Gasteiger partial charge in [0.2, 0.25) is 5.91 Å². The second kappa shape index (κ2) is 6.67. The summed E-state index contributed by atoms with van der Waals surface area (Å²) < 4.78 is 1.76. The van der Waals surface area contributed by atoms with Crippen molar-refractivity contribution < 1.29 is 4.79 Å². The van der Waals surface area contributed by atoms with E-state index in [1.165, 1.54) is 6.08 Å². The van der Waals surface area contributed by atoms with Gasteiger partial charge >= 0.3 is 0 Å². The van der Waals surface area contributed by atoms with Crippen LogP contribution >= 0.6 is 22.7 Å². The van der Waals surface area contributed by atoms with E-state index < -0.39 is 0 Å². The van der Waals surface area contributed by atoms with E-state index >= 15 is 0 Å². The van der Waals surface area contributed by atoms with Crippen LogP contribution in [0.5, 0.6) is 0 Å². The lowest BCUT2D eigenvalue weighted by Gasteiger charge is -2.06. The number of nitrogens with zero attached hydrogens (tertiary/aromatic N) is 3. The number of thiazole rings is 1. The molecule has 0 radical (unpaired) electrons. The van der Waals surface area contributed by atoms with Crippen LogP contribution in [0.15, 0.2) is 40.5 Å². The molecule has 3 heterocycles. The number of thiophene rings is 1. The molecular formula is C15H14N4OS2. The molecule has 0 saturated carbocycles. The molecule has 0 aromatic carbocycles. The first-order valence-corrected chi connectivity index (χ1v) is 8.47. The van der Waals surface area contributed by atoms with Gasteiger partial charge in [-0.2, -0.15) is 16.4 Å². The maximum atomic E-state index is 12.0. The lowest BCUT2D eigenvalue weighted by molar-refractivity contribution is -0.111. The van der Waals surface area contributed by atoms with Crippen LogP contribution in [0.4, 0.5) is 5.82 Å². The zero-order valence-electron chi connectivity index (χ0n) is 11.9. The van der Waals surface area contributed by atoms with E-state index in [2.05, 4.69) is 20.8 Å². The quantitative estimate of drug-likeness (QED) is 0.729. The minimum absolute atomic E-state index is 0.197. The molecule has 0 saturated heterocycles. The predicted octanol–water partition coefficient (Wildman–Crippen LogP) is 3.41. The van der Waals surface area contributed by atoms with Crippen molar-refractivity contribution in [2.75, 3.05) is 5.32 Å². The Morgan fingerprint density at radius 2 is 2.32 bits per heavy atom. The number of anilines is 1. The highest BCUT2D eigenvalue weighted by Crippen LogP contribution is 2.13. The smallest absolute Gasteiger partial charge is 0.249 e. The van der Waals surface area contributed by atoms with Gasteiger partial charge in [0.05, 0.1) is 23.4 Å². The molecule has 0 bridgehead atoms. The molecule has 0 aliphatic heterocycles. The van der Waals surface area contributed by atoms with Gasteiger partial charge in [0.25, 0.3) is 0 Å². The van der Waals surface area contributed by atoms with E-state index in [4.69, 9.17) is 0 Å². The minimum atomic E-state index is -0.197. The van der Waals surface area contributed by atoms with E-state index in [1.54, 1.807) is 45.7 Å². The standard InChI is InChI=1S/C15H14N4OS2/c1-11-17-13(10-22-11)2-3-15(20)18-14-4-6-16-19(14)8-12-5-7-21-9-12/h2-7,9-10H,8H2,1H3,(H,18,20). The van der Waals surface area contributed by atoms with Gasteiger partial charge in [-0.25, -0.2) is 9.67 Å². The second-order valence-electron chi connectivity index (χ2n) is 4.62. The van der Waals surface area contributed by atoms with Crippen molar-refractivity contribution in [2.24, 2.45) is 0 Å². The topological polar surface area (TPSA) is 59.8 Å². The van der Waals surface area contributed by atoms with E-state index in [-0.39, 0.29) is 5.91 Å². The zero-order chi connectivity index (χ0) is 15.4. The molecule has 1 amide bonds. The van der Waals surface area contributed by atoms with Crippen molar-refractivity contribution >= 4 is 40.5 Å². The Kier molecular flexibility index (Phi) is 4.45. The molecule has 5 nitrogen and oxygen atoms in total. The van der Waals surface area contributed by atoms with Gasteiger partial charge in [-0.1, -0.05) is 0 Å². The maximum Gasteiger partial charge on any atom is 0.249 e. The van der Waals surface area contributed by atoms with Gasteiger partial charge in [-0.15, -0.1) is 11.3 Å². The van der Waals surface area contributed by atoms with Gasteiger partial charge in [-0.05, 0) is 35.4 Å². The number of aromatic nitrogens is 3. The molecule has 7 heteroatoms. The number of aryl methyl sites for hydroxylation is 1. The summed E-state index contributed by atoms with van der Waals surface area (Å²) in [6, 6.07) is 3.83. The molecule has 0 spiro atoms. The number of nitrogens with one attached hydrogen (secondary N) is 1. The SMILES string of the molecule is Cc1nc(C=CC(=O)Nc2ccnn2Cc2ccsc2)cs1. The average molecular weight is 330 g/mol. The summed E-state index contributed by atoms with van der Waals surface area (Å²) in [6.07, 6.45) is 4.87. The highest BCUT2D eigenvalue weighted by Gasteiger charge is 2.06. The summed E-state index contributed by atoms with van der Waals surface area (Å²) in [6.45, 7) is 2.58. The summed E-state index contributed by atoms with van der Waals surface area (Å²) >= 11 is 3.20. The summed E-state index contributed by atoms with van der Waals surface area (Å²) in [7, 11) is 0. The molecule has 3 rings (SSSR count). The summed E-state index contributed by atoms with van der Waals surface area (Å²) in [4.78, 5) is 16.3. The van der Waals surface area contributed by atoms with Gasteiger partial charge < -0.3 is 5.32 Å². The Balaban J connectivity index is 1.64. The van der Waals surface area contributed by atoms with E-state index in [0.29, 0.717) is 12.4 Å². The first-order valence-electron chi connectivity index (χ1n) is 6.65. The average Bonchev–Trinajstić information content (AvgIpc) is 3.22. The third kappa shape index (κ3) is 3.69. The molecule has 112 valence electrons. The van der Waals surface area contributed by atoms with E-state index in [1.807, 2.05) is 23.8 Å². The lowest BCUT2D eigenvalue weighted by atomic mass is 10.3. The highest BCUT2D eigenvalue weighted by molar-refractivity contribution is 7.09. The second-order valence-corrected chi connectivity index (χ2v) is 6.46. The van der Waals surface area contributed by atoms with Crippen molar-refractivity contribution in [1.82, 2.24) is 14.8 Å². The fourth-order valence-corrected chi connectivity index (χ4v) is 3.15. The number of amides is 1. The number of carbonyl (C=O) groups excluding carboxylic acids is 1. The normalized spacial score (nSPS) is 11.1. The van der Waals surface area contributed by atoms with Crippen molar-refractivity contribution in [3.05, 3.63) is 56.8 Å². The molecule has 0 aliphatic carbocycles. The summed E-state index contributed by atoms with van der Waals surface area (Å²) in [5, 5.41) is 14.1. The van der Waals surface area contributed by atoms with Crippen LogP contribution < -0.4 is 5.32 Å². The Morgan fingerprint density at radius 1 is 1.41 bits per heavy atom. The van der Waals surface area contributed by atoms with Crippen molar-refractivity contribution in [2.45, 2.75) is 13.5 Å². The van der Waals surface area contributed by atoms with Crippen LogP contribution in [0, 0.1) is 6.92 Å². The molecule has 0 fully saturated rings. The van der Waals surface area contributed by atoms with Gasteiger partial charge in [0.1, 0.15) is 5.82 Å². The van der Waals surface area contributed by atoms with Crippen LogP contribution in [0.3, 0.4) is 0 Å². The monoisotopic (exact) mass is 330 g/mol. The highest BCUT2D eigenvalue weighted by atomic mass is 32.1. The molecule has 3 aromatic heterocycles. The maximum absolute atomic E-state index is 12.0. The number of rotatable bonds is 5. The fourth-order valence-electron chi connectivity index (χ4n) is 1.91. The first kappa shape index (κ1) is 14.7. The Morgan fingerprint density at radius 3 is 3.05 bits per heavy atom. The molecule has 0 aliphatic rings. The molecule has 22 heavy (non-hydrogen) atoms. The predicted molar refractivity (Wildman–Crippen MR) is 90.2 cm³/mol. The lowest BCUT2D eigenvalue weighted by Crippen LogP contribution is -2.13. The van der Waals surface area contributed by atoms with Crippen LogP contribution in [0.1, 0.15) is 16.3 Å². The fraction of sp³-hybridized carbons (Fsp3) is 0.133. The minimum Gasteiger partial charge on any atom is -0.307 e. The van der Waals surface area contributed by atoms with Gasteiger partial charge in [-0.3, -0.25) is 4.79 Å². The van der Waals surface area contributed by atoms with Gasteiger partial charge in [0.15, 0.2) is 0 Å². The number of carbonyl (C=O) groups is 1. The van der Waals surface area contributed by atoms with Crippen LogP contribution in [0.25, 0.3) is 6.08 Å². The summed E-state index contributed by atoms with van der Waals surface area (Å²) in [5.41, 5.74) is 1.96. The van der Waals surface area contributed by atoms with E-state index in [0.717, 1.165) is 16.3 Å². The Hall–Kier alpha value is -2.25. The molecule has 0 atom stereocenters. The Bertz CT molecular complexity index is 786. The largest absolute Gasteiger partial charge is 0.307 e. The van der Waals surface area contributed by atoms with Crippen molar-refractivity contribution in [1.29, 1.82) is 0 Å². The first-order chi connectivity index (χ1) is 10.7. The van der Waals surface area contributed by atoms with Crippen molar-refractivity contribution in [3.8, 4) is 0 Å². The van der Waals surface area contributed by atoms with Crippen LogP contribution in [0.2, 0.25) is 0 Å². The van der Waals surface area contributed by atoms with Crippen LogP contribution in [-0.2, 0) is 11.3 Å². The number of hydrogen-bond acceptors (Lipinski definition) is 5. The summed E-state index contributed by atoms with van der Waals surface area (Å²) in [5.74, 6) is 0.480. The Labute approximate surface area is 135 Å². The molecular weight excluding hydrogens is 316 g/mol. The van der Waals surface area contributed by atoms with Gasteiger partial charge in [0, 0.05) is 17.5 Å². The third-order valence-corrected chi connectivity index (χ3v) is 4.45. The molecule has 3 aromatic rings. The molecule has 1 N–H and O–H groups in total. The number of hydrogen-bond donors (Lipinski definition) is 1. The molecule has 0 unspecified atom stereocenters. The third-order valence-electron chi connectivity index (χ3n) is 2.92. The van der Waals surface area contributed by atoms with Crippen molar-refractivity contribution in [3.63, 3.8) is 0 Å². The zero-order valence-corrected chi connectivity index (χ0v) is 13.5. The van der Waals surface area contributed by atoms with E-state index in [9.17, 15) is 4.79 Å². The van der Waals surface area contributed by atoms with Crippen LogP contribution in [-0.4, -0.2) is 20.7 Å².